The van der Waals surface area contributed by atoms with Crippen LogP contribution in [0.3, 0.4) is 0 Å². The molecule has 0 spiro atoms. The highest BCUT2D eigenvalue weighted by atomic mass is 16.5. The van der Waals surface area contributed by atoms with Crippen molar-refractivity contribution >= 4 is 23.2 Å². The van der Waals surface area contributed by atoms with Crippen LogP contribution in [0.15, 0.2) is 65.7 Å². The van der Waals surface area contributed by atoms with Crippen LogP contribution >= 0.6 is 0 Å². The average molecular weight is 433 g/mol. The molecule has 2 heterocycles. The van der Waals surface area contributed by atoms with Crippen LogP contribution in [0.2, 0.25) is 0 Å². The Hall–Kier alpha value is -4.47. The van der Waals surface area contributed by atoms with E-state index in [1.54, 1.807) is 18.2 Å². The van der Waals surface area contributed by atoms with Gasteiger partial charge in [-0.1, -0.05) is 18.2 Å². The first-order chi connectivity index (χ1) is 15.5. The minimum Gasteiger partial charge on any atom is -0.465 e. The first-order valence-corrected chi connectivity index (χ1v) is 9.62. The maximum Gasteiger partial charge on any atom is 0.351 e. The number of nitrogens with zero attached hydrogens (tertiary/aromatic N) is 4. The van der Waals surface area contributed by atoms with Gasteiger partial charge in [0.1, 0.15) is 12.3 Å². The second kappa shape index (κ2) is 8.72. The van der Waals surface area contributed by atoms with E-state index in [4.69, 9.17) is 4.74 Å². The largest absolute Gasteiger partial charge is 0.465 e. The molecule has 10 heteroatoms. The van der Waals surface area contributed by atoms with Gasteiger partial charge in [-0.05, 0) is 42.8 Å². The molecule has 0 aliphatic heterocycles. The van der Waals surface area contributed by atoms with Crippen LogP contribution < -0.4 is 15.7 Å². The Morgan fingerprint density at radius 2 is 1.84 bits per heavy atom. The molecule has 162 valence electrons. The Bertz CT molecular complexity index is 1360. The van der Waals surface area contributed by atoms with Crippen LogP contribution in [0, 0.1) is 6.92 Å². The van der Waals surface area contributed by atoms with Crippen molar-refractivity contribution in [3.05, 3.63) is 82.5 Å². The van der Waals surface area contributed by atoms with Gasteiger partial charge in [-0.3, -0.25) is 4.79 Å². The van der Waals surface area contributed by atoms with Crippen molar-refractivity contribution in [3.8, 4) is 11.6 Å². The number of methoxy groups -OCH3 is 1. The van der Waals surface area contributed by atoms with Crippen LogP contribution in [0.5, 0.6) is 11.6 Å². The predicted molar refractivity (Wildman–Crippen MR) is 115 cm³/mol. The van der Waals surface area contributed by atoms with E-state index >= 15 is 0 Å². The lowest BCUT2D eigenvalue weighted by atomic mass is 10.2. The summed E-state index contributed by atoms with van der Waals surface area (Å²) in [6, 6.07) is 13.6. The molecule has 2 aromatic heterocycles. The van der Waals surface area contributed by atoms with Gasteiger partial charge >= 0.3 is 11.7 Å². The zero-order valence-corrected chi connectivity index (χ0v) is 17.3. The molecule has 32 heavy (non-hydrogen) atoms. The summed E-state index contributed by atoms with van der Waals surface area (Å²) in [5, 5.41) is 6.89. The van der Waals surface area contributed by atoms with Crippen LogP contribution in [0.4, 0.5) is 5.69 Å². The number of benzene rings is 2. The number of nitrogens with one attached hydrogen (secondary N) is 1. The summed E-state index contributed by atoms with van der Waals surface area (Å²) in [4.78, 5) is 40.8. The maximum absolute atomic E-state index is 12.7. The number of para-hydroxylation sites is 1. The monoisotopic (exact) mass is 433 g/mol. The van der Waals surface area contributed by atoms with E-state index in [-0.39, 0.29) is 18.1 Å². The van der Waals surface area contributed by atoms with E-state index in [1.807, 2.05) is 25.1 Å². The lowest BCUT2D eigenvalue weighted by molar-refractivity contribution is -0.117. The highest BCUT2D eigenvalue weighted by Crippen LogP contribution is 2.24. The van der Waals surface area contributed by atoms with Crippen molar-refractivity contribution in [2.24, 2.45) is 0 Å². The number of esters is 1. The van der Waals surface area contributed by atoms with E-state index in [9.17, 15) is 14.4 Å². The molecule has 4 rings (SSSR count). The Morgan fingerprint density at radius 1 is 1.09 bits per heavy atom. The Labute approximate surface area is 182 Å². The molecule has 0 saturated heterocycles. The molecular weight excluding hydrogens is 414 g/mol. The Kier molecular flexibility index (Phi) is 5.67. The minimum atomic E-state index is -0.506. The third kappa shape index (κ3) is 4.19. The molecule has 0 fully saturated rings. The number of carbonyl (C=O) groups excluding carboxylic acids is 2. The topological polar surface area (TPSA) is 117 Å². The fourth-order valence-corrected chi connectivity index (χ4v) is 3.02. The predicted octanol–water partition coefficient (Wildman–Crippen LogP) is 2.42. The third-order valence-corrected chi connectivity index (χ3v) is 4.65. The number of carbonyl (C=O) groups is 2. The van der Waals surface area contributed by atoms with Crippen LogP contribution in [-0.2, 0) is 16.1 Å². The van der Waals surface area contributed by atoms with Crippen molar-refractivity contribution in [3.63, 3.8) is 0 Å². The first kappa shape index (κ1) is 20.8. The summed E-state index contributed by atoms with van der Waals surface area (Å²) >= 11 is 0. The molecular formula is C22H19N5O5. The van der Waals surface area contributed by atoms with Gasteiger partial charge in [0.25, 0.3) is 5.88 Å². The number of anilines is 1. The SMILES string of the molecule is COC(=O)c1ccc(NC(=O)Cn2nc3c(Oc4ccccc4C)nccn3c2=O)cc1. The molecule has 1 N–H and O–H groups in total. The van der Waals surface area contributed by atoms with Crippen molar-refractivity contribution in [2.45, 2.75) is 13.5 Å². The third-order valence-electron chi connectivity index (χ3n) is 4.65. The van der Waals surface area contributed by atoms with Gasteiger partial charge < -0.3 is 14.8 Å². The fraction of sp³-hybridized carbons (Fsp3) is 0.136. The number of amides is 1. The van der Waals surface area contributed by atoms with Crippen molar-refractivity contribution in [1.82, 2.24) is 19.2 Å². The average Bonchev–Trinajstić information content (AvgIpc) is 3.11. The maximum atomic E-state index is 12.7. The quantitative estimate of drug-likeness (QED) is 0.464. The number of rotatable bonds is 6. The molecule has 0 radical (unpaired) electrons. The number of aromatic nitrogens is 4. The number of ether oxygens (including phenoxy) is 2. The first-order valence-electron chi connectivity index (χ1n) is 9.62. The molecule has 0 unspecified atom stereocenters. The molecule has 0 aliphatic carbocycles. The second-order valence-corrected chi connectivity index (χ2v) is 6.85. The molecule has 2 aromatic carbocycles. The summed E-state index contributed by atoms with van der Waals surface area (Å²) < 4.78 is 12.8. The molecule has 10 nitrogen and oxygen atoms in total. The molecule has 0 aliphatic rings. The van der Waals surface area contributed by atoms with Crippen LogP contribution in [0.25, 0.3) is 5.65 Å². The smallest absolute Gasteiger partial charge is 0.351 e. The van der Waals surface area contributed by atoms with Gasteiger partial charge in [0.2, 0.25) is 11.6 Å². The van der Waals surface area contributed by atoms with E-state index in [1.165, 1.54) is 36.0 Å². The van der Waals surface area contributed by atoms with Gasteiger partial charge in [-0.2, -0.15) is 0 Å². The van der Waals surface area contributed by atoms with E-state index in [2.05, 4.69) is 20.1 Å². The number of aryl methyl sites for hydroxylation is 1. The van der Waals surface area contributed by atoms with Crippen LogP contribution in [0.1, 0.15) is 15.9 Å². The van der Waals surface area contributed by atoms with Crippen LogP contribution in [-0.4, -0.2) is 38.2 Å². The summed E-state index contributed by atoms with van der Waals surface area (Å²) in [6.07, 6.45) is 2.88. The molecule has 0 atom stereocenters. The molecule has 4 aromatic rings. The number of hydrogen-bond donors (Lipinski definition) is 1. The summed E-state index contributed by atoms with van der Waals surface area (Å²) in [7, 11) is 1.29. The van der Waals surface area contributed by atoms with Gasteiger partial charge in [0.05, 0.1) is 12.7 Å². The minimum absolute atomic E-state index is 0.149. The summed E-state index contributed by atoms with van der Waals surface area (Å²) in [5.74, 6) is -0.202. The van der Waals surface area contributed by atoms with Gasteiger partial charge in [-0.15, -0.1) is 5.10 Å². The van der Waals surface area contributed by atoms with Crippen molar-refractivity contribution in [1.29, 1.82) is 0 Å². The van der Waals surface area contributed by atoms with Gasteiger partial charge in [0.15, 0.2) is 0 Å². The Balaban J connectivity index is 1.54. The number of fused-ring (bicyclic) bond motifs is 1. The molecule has 0 saturated carbocycles. The molecule has 1 amide bonds. The fourth-order valence-electron chi connectivity index (χ4n) is 3.02. The molecule has 0 bridgehead atoms. The van der Waals surface area contributed by atoms with E-state index < -0.39 is 17.6 Å². The second-order valence-electron chi connectivity index (χ2n) is 6.85. The lowest BCUT2D eigenvalue weighted by Gasteiger charge is -2.07. The van der Waals surface area contributed by atoms with E-state index in [0.717, 1.165) is 10.2 Å². The van der Waals surface area contributed by atoms with E-state index in [0.29, 0.717) is 17.0 Å². The Morgan fingerprint density at radius 3 is 2.56 bits per heavy atom. The lowest BCUT2D eigenvalue weighted by Crippen LogP contribution is -2.28. The summed E-state index contributed by atoms with van der Waals surface area (Å²) in [5.41, 5.74) is 1.40. The standard InChI is InChI=1S/C22H19N5O5/c1-14-5-3-4-6-17(14)32-20-19-25-27(22(30)26(19)12-11-23-20)13-18(28)24-16-9-7-15(8-10-16)21(29)31-2/h3-12H,13H2,1-2H3,(H,24,28). The highest BCUT2D eigenvalue weighted by molar-refractivity contribution is 5.92. The summed E-state index contributed by atoms with van der Waals surface area (Å²) in [6.45, 7) is 1.57. The van der Waals surface area contributed by atoms with Gasteiger partial charge in [-0.25, -0.2) is 23.7 Å². The van der Waals surface area contributed by atoms with Crippen molar-refractivity contribution in [2.75, 3.05) is 12.4 Å². The van der Waals surface area contributed by atoms with Crippen molar-refractivity contribution < 1.29 is 19.1 Å². The number of hydrogen-bond acceptors (Lipinski definition) is 7. The highest BCUT2D eigenvalue weighted by Gasteiger charge is 2.16. The van der Waals surface area contributed by atoms with Gasteiger partial charge in [0, 0.05) is 18.1 Å². The zero-order valence-electron chi connectivity index (χ0n) is 17.3. The zero-order chi connectivity index (χ0) is 22.7. The normalized spacial score (nSPS) is 10.7.